The molecule has 1 aliphatic carbocycles. The maximum absolute atomic E-state index is 11.3. The van der Waals surface area contributed by atoms with Crippen molar-refractivity contribution in [2.24, 2.45) is 5.92 Å². The maximum Gasteiger partial charge on any atom is 0.309 e. The second-order valence-electron chi connectivity index (χ2n) is 4.91. The van der Waals surface area contributed by atoms with E-state index >= 15 is 0 Å². The third-order valence-corrected chi connectivity index (χ3v) is 3.68. The molecule has 0 aromatic heterocycles. The summed E-state index contributed by atoms with van der Waals surface area (Å²) < 4.78 is 4.72. The highest BCUT2D eigenvalue weighted by Gasteiger charge is 2.34. The minimum Gasteiger partial charge on any atom is -0.469 e. The van der Waals surface area contributed by atoms with E-state index in [4.69, 9.17) is 4.74 Å². The number of carbonyl (C=O) groups excluding carboxylic acids is 1. The fourth-order valence-electron chi connectivity index (χ4n) is 2.32. The van der Waals surface area contributed by atoms with E-state index in [2.05, 4.69) is 18.3 Å². The van der Waals surface area contributed by atoms with E-state index in [-0.39, 0.29) is 5.97 Å². The molecule has 0 heterocycles. The molecule has 1 aromatic rings. The summed E-state index contributed by atoms with van der Waals surface area (Å²) in [7, 11) is 1.43. The number of esters is 1. The lowest BCUT2D eigenvalue weighted by atomic mass is 10.0. The van der Waals surface area contributed by atoms with Crippen LogP contribution in [0.2, 0.25) is 0 Å². The van der Waals surface area contributed by atoms with Gasteiger partial charge in [0.15, 0.2) is 0 Å². The lowest BCUT2D eigenvalue weighted by Crippen LogP contribution is -2.19. The molecule has 0 saturated heterocycles. The molecule has 3 nitrogen and oxygen atoms in total. The van der Waals surface area contributed by atoms with Crippen LogP contribution < -0.4 is 5.32 Å². The average Bonchev–Trinajstić information content (AvgIpc) is 3.16. The van der Waals surface area contributed by atoms with Crippen molar-refractivity contribution in [1.82, 2.24) is 5.32 Å². The summed E-state index contributed by atoms with van der Waals surface area (Å²) in [6, 6.07) is 8.73. The molecule has 1 aliphatic rings. The molecule has 0 radical (unpaired) electrons. The SMILES string of the molecule is CCC1CC1NCc1ccccc1CC(=O)OC. The summed E-state index contributed by atoms with van der Waals surface area (Å²) >= 11 is 0. The molecule has 1 aromatic carbocycles. The predicted molar refractivity (Wildman–Crippen MR) is 71.2 cm³/mol. The maximum atomic E-state index is 11.3. The summed E-state index contributed by atoms with van der Waals surface area (Å²) in [4.78, 5) is 11.3. The first-order valence-electron chi connectivity index (χ1n) is 6.61. The van der Waals surface area contributed by atoms with Gasteiger partial charge in [-0.1, -0.05) is 37.6 Å². The van der Waals surface area contributed by atoms with E-state index in [9.17, 15) is 4.79 Å². The van der Waals surface area contributed by atoms with Crippen LogP contribution in [0.3, 0.4) is 0 Å². The number of hydrogen-bond donors (Lipinski definition) is 1. The van der Waals surface area contributed by atoms with Gasteiger partial charge in [-0.15, -0.1) is 0 Å². The Balaban J connectivity index is 1.92. The monoisotopic (exact) mass is 247 g/mol. The minimum atomic E-state index is -0.180. The van der Waals surface area contributed by atoms with E-state index in [0.29, 0.717) is 12.5 Å². The van der Waals surface area contributed by atoms with Crippen LogP contribution in [0.15, 0.2) is 24.3 Å². The zero-order valence-electron chi connectivity index (χ0n) is 11.1. The van der Waals surface area contributed by atoms with Crippen molar-refractivity contribution in [3.05, 3.63) is 35.4 Å². The molecule has 98 valence electrons. The van der Waals surface area contributed by atoms with Gasteiger partial charge >= 0.3 is 5.97 Å². The fraction of sp³-hybridized carbons (Fsp3) is 0.533. The number of carbonyl (C=O) groups is 1. The van der Waals surface area contributed by atoms with Gasteiger partial charge in [0.1, 0.15) is 0 Å². The van der Waals surface area contributed by atoms with Crippen molar-refractivity contribution in [3.8, 4) is 0 Å². The van der Waals surface area contributed by atoms with E-state index in [1.165, 1.54) is 25.5 Å². The van der Waals surface area contributed by atoms with Gasteiger partial charge in [-0.25, -0.2) is 0 Å². The van der Waals surface area contributed by atoms with Gasteiger partial charge in [0, 0.05) is 12.6 Å². The van der Waals surface area contributed by atoms with Gasteiger partial charge in [-0.05, 0) is 23.5 Å². The topological polar surface area (TPSA) is 38.3 Å². The van der Waals surface area contributed by atoms with E-state index in [1.807, 2.05) is 18.2 Å². The third-order valence-electron chi connectivity index (χ3n) is 3.68. The second-order valence-corrected chi connectivity index (χ2v) is 4.91. The van der Waals surface area contributed by atoms with Gasteiger partial charge in [0.05, 0.1) is 13.5 Å². The van der Waals surface area contributed by atoms with Gasteiger partial charge in [-0.2, -0.15) is 0 Å². The molecule has 18 heavy (non-hydrogen) atoms. The van der Waals surface area contributed by atoms with Crippen LogP contribution in [0.4, 0.5) is 0 Å². The molecule has 2 rings (SSSR count). The lowest BCUT2D eigenvalue weighted by Gasteiger charge is -2.09. The fourth-order valence-corrected chi connectivity index (χ4v) is 2.32. The molecule has 0 spiro atoms. The quantitative estimate of drug-likeness (QED) is 0.784. The Morgan fingerprint density at radius 2 is 2.11 bits per heavy atom. The van der Waals surface area contributed by atoms with Crippen LogP contribution >= 0.6 is 0 Å². The highest BCUT2D eigenvalue weighted by atomic mass is 16.5. The first-order valence-corrected chi connectivity index (χ1v) is 6.61. The van der Waals surface area contributed by atoms with Crippen molar-refractivity contribution in [3.63, 3.8) is 0 Å². The van der Waals surface area contributed by atoms with Crippen LogP contribution in [0.5, 0.6) is 0 Å². The van der Waals surface area contributed by atoms with Crippen LogP contribution in [-0.4, -0.2) is 19.1 Å². The third kappa shape index (κ3) is 3.33. The summed E-state index contributed by atoms with van der Waals surface area (Å²) in [5, 5.41) is 3.55. The molecular weight excluding hydrogens is 226 g/mol. The smallest absolute Gasteiger partial charge is 0.309 e. The van der Waals surface area contributed by atoms with Crippen LogP contribution in [0.1, 0.15) is 30.9 Å². The second kappa shape index (κ2) is 6.01. The van der Waals surface area contributed by atoms with Crippen molar-refractivity contribution in [1.29, 1.82) is 0 Å². The van der Waals surface area contributed by atoms with Gasteiger partial charge in [0.2, 0.25) is 0 Å². The first kappa shape index (κ1) is 13.1. The predicted octanol–water partition coefficient (Wildman–Crippen LogP) is 2.29. The molecule has 1 fully saturated rings. The zero-order valence-corrected chi connectivity index (χ0v) is 11.1. The number of rotatable bonds is 6. The Labute approximate surface area is 109 Å². The lowest BCUT2D eigenvalue weighted by molar-refractivity contribution is -0.139. The molecular formula is C15H21NO2. The summed E-state index contributed by atoms with van der Waals surface area (Å²) in [6.07, 6.45) is 2.90. The Morgan fingerprint density at radius 3 is 2.72 bits per heavy atom. The summed E-state index contributed by atoms with van der Waals surface area (Å²) in [5.41, 5.74) is 2.26. The molecule has 1 saturated carbocycles. The molecule has 2 atom stereocenters. The molecule has 3 heteroatoms. The van der Waals surface area contributed by atoms with Crippen LogP contribution in [0.25, 0.3) is 0 Å². The Bertz CT molecular complexity index is 417. The van der Waals surface area contributed by atoms with Crippen molar-refractivity contribution < 1.29 is 9.53 Å². The normalized spacial score (nSPS) is 21.7. The van der Waals surface area contributed by atoms with Crippen LogP contribution in [-0.2, 0) is 22.5 Å². The van der Waals surface area contributed by atoms with Gasteiger partial charge in [-0.3, -0.25) is 4.79 Å². The first-order chi connectivity index (χ1) is 8.74. The van der Waals surface area contributed by atoms with E-state index in [0.717, 1.165) is 18.0 Å². The number of methoxy groups -OCH3 is 1. The van der Waals surface area contributed by atoms with Gasteiger partial charge < -0.3 is 10.1 Å². The van der Waals surface area contributed by atoms with E-state index < -0.39 is 0 Å². The highest BCUT2D eigenvalue weighted by molar-refractivity contribution is 5.72. The standard InChI is InChI=1S/C15H21NO2/c1-3-11-8-14(11)16-10-13-7-5-4-6-12(13)9-15(17)18-2/h4-7,11,14,16H,3,8-10H2,1-2H3. The highest BCUT2D eigenvalue weighted by Crippen LogP contribution is 2.33. The number of benzene rings is 1. The summed E-state index contributed by atoms with van der Waals surface area (Å²) in [5.74, 6) is 0.665. The number of ether oxygens (including phenoxy) is 1. The molecule has 2 unspecified atom stereocenters. The molecule has 0 aliphatic heterocycles. The zero-order chi connectivity index (χ0) is 13.0. The van der Waals surface area contributed by atoms with Crippen LogP contribution in [0, 0.1) is 5.92 Å². The molecule has 0 bridgehead atoms. The van der Waals surface area contributed by atoms with E-state index in [1.54, 1.807) is 0 Å². The average molecular weight is 247 g/mol. The number of hydrogen-bond acceptors (Lipinski definition) is 3. The van der Waals surface area contributed by atoms with Crippen molar-refractivity contribution in [2.45, 2.75) is 38.8 Å². The molecule has 1 N–H and O–H groups in total. The van der Waals surface area contributed by atoms with Crippen molar-refractivity contribution >= 4 is 5.97 Å². The summed E-state index contributed by atoms with van der Waals surface area (Å²) in [6.45, 7) is 3.08. The minimum absolute atomic E-state index is 0.180. The Kier molecular flexibility index (Phi) is 4.37. The van der Waals surface area contributed by atoms with Gasteiger partial charge in [0.25, 0.3) is 0 Å². The Morgan fingerprint density at radius 1 is 1.39 bits per heavy atom. The van der Waals surface area contributed by atoms with Crippen molar-refractivity contribution in [2.75, 3.05) is 7.11 Å². The number of nitrogens with one attached hydrogen (secondary N) is 1. The molecule has 0 amide bonds. The Hall–Kier alpha value is -1.35. The largest absolute Gasteiger partial charge is 0.469 e.